The van der Waals surface area contributed by atoms with Crippen molar-refractivity contribution in [2.45, 2.75) is 25.4 Å². The fourth-order valence-corrected chi connectivity index (χ4v) is 5.23. The fourth-order valence-electron chi connectivity index (χ4n) is 3.27. The highest BCUT2D eigenvalue weighted by atomic mass is 32.2. The number of piperazine rings is 1. The lowest BCUT2D eigenvalue weighted by molar-refractivity contribution is 0.422. The number of hydrogen-bond acceptors (Lipinski definition) is 7. The monoisotopic (exact) mass is 325 g/mol. The average molecular weight is 325 g/mol. The zero-order chi connectivity index (χ0) is 15.7. The van der Waals surface area contributed by atoms with Crippen LogP contribution in [0.3, 0.4) is 0 Å². The van der Waals surface area contributed by atoms with Gasteiger partial charge in [0.1, 0.15) is 5.82 Å². The van der Waals surface area contributed by atoms with Crippen LogP contribution in [0.15, 0.2) is 12.3 Å². The van der Waals surface area contributed by atoms with Gasteiger partial charge in [0.15, 0.2) is 9.84 Å². The molecule has 2 atom stereocenters. The molecular formula is C14H23N5O2S. The van der Waals surface area contributed by atoms with Crippen LogP contribution in [-0.4, -0.2) is 68.7 Å². The Balaban J connectivity index is 1.85. The Bertz CT molecular complexity index is 636. The highest BCUT2D eigenvalue weighted by Gasteiger charge is 2.43. The average Bonchev–Trinajstić information content (AvgIpc) is 2.81. The number of hydrogen-bond donors (Lipinski definition) is 1. The van der Waals surface area contributed by atoms with Gasteiger partial charge in [0.2, 0.25) is 5.95 Å². The van der Waals surface area contributed by atoms with E-state index in [1.54, 1.807) is 6.20 Å². The van der Waals surface area contributed by atoms with Crippen LogP contribution < -0.4 is 15.1 Å². The second kappa shape index (κ2) is 6.00. The first kappa shape index (κ1) is 15.5. The number of fused-ring (bicyclic) bond motifs is 1. The molecule has 0 aromatic carbocycles. The third-order valence-electron chi connectivity index (χ3n) is 4.31. The predicted octanol–water partition coefficient (Wildman–Crippen LogP) is -0.102. The minimum absolute atomic E-state index is 0.00513. The molecule has 122 valence electrons. The van der Waals surface area contributed by atoms with Crippen LogP contribution in [0.2, 0.25) is 0 Å². The van der Waals surface area contributed by atoms with Crippen molar-refractivity contribution >= 4 is 21.6 Å². The van der Waals surface area contributed by atoms with E-state index in [2.05, 4.69) is 27.1 Å². The Morgan fingerprint density at radius 2 is 2.27 bits per heavy atom. The summed E-state index contributed by atoms with van der Waals surface area (Å²) in [6.45, 7) is 4.56. The van der Waals surface area contributed by atoms with Gasteiger partial charge in [0.25, 0.3) is 0 Å². The van der Waals surface area contributed by atoms with E-state index >= 15 is 0 Å². The molecular weight excluding hydrogens is 302 g/mol. The Hall–Kier alpha value is -1.41. The summed E-state index contributed by atoms with van der Waals surface area (Å²) in [5.74, 6) is 1.94. The Labute approximate surface area is 131 Å². The van der Waals surface area contributed by atoms with Gasteiger partial charge in [-0.05, 0) is 12.5 Å². The molecule has 22 heavy (non-hydrogen) atoms. The molecule has 0 unspecified atom stereocenters. The van der Waals surface area contributed by atoms with Crippen molar-refractivity contribution in [1.29, 1.82) is 0 Å². The maximum Gasteiger partial charge on any atom is 0.226 e. The molecule has 1 aromatic rings. The van der Waals surface area contributed by atoms with Crippen LogP contribution in [0.5, 0.6) is 0 Å². The first-order valence-corrected chi connectivity index (χ1v) is 9.57. The minimum Gasteiger partial charge on any atom is -0.350 e. The van der Waals surface area contributed by atoms with Crippen molar-refractivity contribution in [3.05, 3.63) is 12.3 Å². The van der Waals surface area contributed by atoms with Gasteiger partial charge in [-0.3, -0.25) is 0 Å². The number of nitrogens with zero attached hydrogens (tertiary/aromatic N) is 4. The van der Waals surface area contributed by atoms with Gasteiger partial charge in [0, 0.05) is 38.9 Å². The lowest BCUT2D eigenvalue weighted by atomic mass is 10.1. The SMILES string of the molecule is CCCN(C)c1nccc(N2CCN[C@H]3CS(=O)(=O)C[C@H]32)n1. The van der Waals surface area contributed by atoms with Gasteiger partial charge in [-0.1, -0.05) is 6.92 Å². The summed E-state index contributed by atoms with van der Waals surface area (Å²) in [5, 5.41) is 3.32. The maximum absolute atomic E-state index is 11.9. The highest BCUT2D eigenvalue weighted by molar-refractivity contribution is 7.91. The topological polar surface area (TPSA) is 78.4 Å². The Morgan fingerprint density at radius 3 is 3.05 bits per heavy atom. The van der Waals surface area contributed by atoms with E-state index in [9.17, 15) is 8.42 Å². The van der Waals surface area contributed by atoms with Crippen molar-refractivity contribution in [3.8, 4) is 0 Å². The van der Waals surface area contributed by atoms with Gasteiger partial charge in [-0.15, -0.1) is 0 Å². The van der Waals surface area contributed by atoms with E-state index < -0.39 is 9.84 Å². The third-order valence-corrected chi connectivity index (χ3v) is 6.02. The smallest absolute Gasteiger partial charge is 0.226 e. The maximum atomic E-state index is 11.9. The largest absolute Gasteiger partial charge is 0.350 e. The summed E-state index contributed by atoms with van der Waals surface area (Å²) in [6, 6.07) is 1.85. The number of nitrogens with one attached hydrogen (secondary N) is 1. The molecule has 3 heterocycles. The second-order valence-electron chi connectivity index (χ2n) is 6.03. The molecule has 7 nitrogen and oxygen atoms in total. The Morgan fingerprint density at radius 1 is 1.45 bits per heavy atom. The summed E-state index contributed by atoms with van der Waals surface area (Å²) in [7, 11) is -0.987. The van der Waals surface area contributed by atoms with E-state index in [-0.39, 0.29) is 23.6 Å². The van der Waals surface area contributed by atoms with Gasteiger partial charge < -0.3 is 15.1 Å². The molecule has 2 aliphatic heterocycles. The van der Waals surface area contributed by atoms with E-state index in [0.717, 1.165) is 31.9 Å². The molecule has 1 N–H and O–H groups in total. The van der Waals surface area contributed by atoms with Gasteiger partial charge in [0.05, 0.1) is 17.5 Å². The van der Waals surface area contributed by atoms with E-state index in [4.69, 9.17) is 0 Å². The molecule has 0 radical (unpaired) electrons. The van der Waals surface area contributed by atoms with Gasteiger partial charge in [-0.2, -0.15) is 4.98 Å². The molecule has 2 fully saturated rings. The summed E-state index contributed by atoms with van der Waals surface area (Å²) < 4.78 is 23.9. The van der Waals surface area contributed by atoms with Crippen LogP contribution in [0.25, 0.3) is 0 Å². The van der Waals surface area contributed by atoms with Crippen molar-refractivity contribution in [3.63, 3.8) is 0 Å². The third kappa shape index (κ3) is 3.03. The first-order chi connectivity index (χ1) is 10.5. The van der Waals surface area contributed by atoms with Crippen molar-refractivity contribution in [2.75, 3.05) is 48.0 Å². The van der Waals surface area contributed by atoms with E-state index in [1.807, 2.05) is 18.0 Å². The van der Waals surface area contributed by atoms with Crippen molar-refractivity contribution in [1.82, 2.24) is 15.3 Å². The van der Waals surface area contributed by atoms with E-state index in [1.165, 1.54) is 0 Å². The van der Waals surface area contributed by atoms with Gasteiger partial charge >= 0.3 is 0 Å². The number of aromatic nitrogens is 2. The molecule has 0 amide bonds. The molecule has 0 aliphatic carbocycles. The normalized spacial score (nSPS) is 26.7. The molecule has 0 bridgehead atoms. The number of rotatable bonds is 4. The summed E-state index contributed by atoms with van der Waals surface area (Å²) in [5.41, 5.74) is 0. The molecule has 0 spiro atoms. The fraction of sp³-hybridized carbons (Fsp3) is 0.714. The van der Waals surface area contributed by atoms with Crippen LogP contribution in [0, 0.1) is 0 Å². The zero-order valence-electron chi connectivity index (χ0n) is 13.1. The quantitative estimate of drug-likeness (QED) is 0.828. The van der Waals surface area contributed by atoms with Crippen LogP contribution >= 0.6 is 0 Å². The zero-order valence-corrected chi connectivity index (χ0v) is 13.9. The number of sulfone groups is 1. The van der Waals surface area contributed by atoms with Gasteiger partial charge in [-0.25, -0.2) is 13.4 Å². The van der Waals surface area contributed by atoms with Crippen LogP contribution in [0.1, 0.15) is 13.3 Å². The molecule has 3 rings (SSSR count). The van der Waals surface area contributed by atoms with Crippen molar-refractivity contribution < 1.29 is 8.42 Å². The molecule has 8 heteroatoms. The highest BCUT2D eigenvalue weighted by Crippen LogP contribution is 2.26. The van der Waals surface area contributed by atoms with Crippen LogP contribution in [0.4, 0.5) is 11.8 Å². The predicted molar refractivity (Wildman–Crippen MR) is 87.2 cm³/mol. The lowest BCUT2D eigenvalue weighted by Gasteiger charge is -2.38. The summed E-state index contributed by atoms with van der Waals surface area (Å²) >= 11 is 0. The molecule has 2 saturated heterocycles. The summed E-state index contributed by atoms with van der Waals surface area (Å²) in [4.78, 5) is 13.1. The summed E-state index contributed by atoms with van der Waals surface area (Å²) in [6.07, 6.45) is 2.78. The second-order valence-corrected chi connectivity index (χ2v) is 8.19. The van der Waals surface area contributed by atoms with Crippen molar-refractivity contribution in [2.24, 2.45) is 0 Å². The molecule has 1 aromatic heterocycles. The Kier molecular flexibility index (Phi) is 4.22. The van der Waals surface area contributed by atoms with Crippen LogP contribution in [-0.2, 0) is 9.84 Å². The lowest BCUT2D eigenvalue weighted by Crippen LogP contribution is -2.57. The molecule has 2 aliphatic rings. The standard InChI is InChI=1S/C14H23N5O2S/c1-3-7-18(2)14-16-5-4-13(17-14)19-8-6-15-11-9-22(20,21)10-12(11)19/h4-5,11-12,15H,3,6-10H2,1-2H3/t11-,12+/m0/s1. The van der Waals surface area contributed by atoms with E-state index in [0.29, 0.717) is 5.95 Å². The number of anilines is 2. The first-order valence-electron chi connectivity index (χ1n) is 7.75. The molecule has 0 saturated carbocycles. The minimum atomic E-state index is -2.96.